The van der Waals surface area contributed by atoms with Gasteiger partial charge in [0.25, 0.3) is 5.89 Å². The second-order valence-corrected chi connectivity index (χ2v) is 5.09. The van der Waals surface area contributed by atoms with Crippen molar-refractivity contribution in [2.24, 2.45) is 0 Å². The summed E-state index contributed by atoms with van der Waals surface area (Å²) in [5.41, 5.74) is 2.47. The predicted octanol–water partition coefficient (Wildman–Crippen LogP) is 3.20. The molecule has 0 aliphatic carbocycles. The van der Waals surface area contributed by atoms with Crippen LogP contribution in [0.5, 0.6) is 5.75 Å². The van der Waals surface area contributed by atoms with Gasteiger partial charge in [0.1, 0.15) is 12.0 Å². The molecular formula is C15H18N2O3. The summed E-state index contributed by atoms with van der Waals surface area (Å²) in [4.78, 5) is 15.1. The number of nitrogens with zero attached hydrogens (tertiary/aromatic N) is 2. The van der Waals surface area contributed by atoms with Gasteiger partial charge >= 0.3 is 0 Å². The summed E-state index contributed by atoms with van der Waals surface area (Å²) in [5, 5.41) is 3.89. The zero-order valence-corrected chi connectivity index (χ0v) is 12.1. The minimum Gasteiger partial charge on any atom is -0.483 e. The van der Waals surface area contributed by atoms with Crippen molar-refractivity contribution >= 4 is 6.29 Å². The molecule has 0 fully saturated rings. The zero-order valence-electron chi connectivity index (χ0n) is 12.1. The minimum absolute atomic E-state index is 0.224. The van der Waals surface area contributed by atoms with E-state index in [0.29, 0.717) is 17.3 Å². The van der Waals surface area contributed by atoms with E-state index in [1.165, 1.54) is 0 Å². The van der Waals surface area contributed by atoms with Crippen LogP contribution in [0, 0.1) is 13.8 Å². The molecule has 2 rings (SSSR count). The van der Waals surface area contributed by atoms with Gasteiger partial charge in [-0.1, -0.05) is 19.0 Å². The Balaban J connectivity index is 2.12. The third kappa shape index (κ3) is 3.04. The second-order valence-electron chi connectivity index (χ2n) is 5.09. The fraction of sp³-hybridized carbons (Fsp3) is 0.400. The average molecular weight is 274 g/mol. The molecule has 5 heteroatoms. The molecule has 0 aliphatic rings. The summed E-state index contributed by atoms with van der Waals surface area (Å²) in [6.07, 6.45) is 0.830. The lowest BCUT2D eigenvalue weighted by Crippen LogP contribution is -2.01. The van der Waals surface area contributed by atoms with E-state index < -0.39 is 0 Å². The van der Waals surface area contributed by atoms with Gasteiger partial charge in [-0.3, -0.25) is 4.79 Å². The van der Waals surface area contributed by atoms with Gasteiger partial charge in [-0.05, 0) is 37.1 Å². The SMILES string of the molecule is Cc1cc(C=O)cc(C)c1OCc1nc(C(C)C)no1. The molecule has 20 heavy (non-hydrogen) atoms. The standard InChI is InChI=1S/C15H18N2O3/c1-9(2)15-16-13(20-17-15)8-19-14-10(3)5-12(7-18)6-11(14)4/h5-7,9H,8H2,1-4H3. The Morgan fingerprint density at radius 2 is 1.95 bits per heavy atom. The van der Waals surface area contributed by atoms with Crippen LogP contribution in [0.15, 0.2) is 16.7 Å². The molecule has 0 atom stereocenters. The monoisotopic (exact) mass is 274 g/mol. The first kappa shape index (κ1) is 14.2. The molecule has 5 nitrogen and oxygen atoms in total. The van der Waals surface area contributed by atoms with Crippen LogP contribution < -0.4 is 4.74 Å². The molecule has 0 radical (unpaired) electrons. The lowest BCUT2D eigenvalue weighted by atomic mass is 10.1. The van der Waals surface area contributed by atoms with Crippen molar-refractivity contribution < 1.29 is 14.1 Å². The Morgan fingerprint density at radius 3 is 2.45 bits per heavy atom. The molecular weight excluding hydrogens is 256 g/mol. The van der Waals surface area contributed by atoms with Gasteiger partial charge in [0.15, 0.2) is 12.4 Å². The van der Waals surface area contributed by atoms with Crippen LogP contribution in [0.1, 0.15) is 53.0 Å². The third-order valence-electron chi connectivity index (χ3n) is 2.96. The molecule has 106 valence electrons. The van der Waals surface area contributed by atoms with Crippen LogP contribution >= 0.6 is 0 Å². The number of hydrogen-bond acceptors (Lipinski definition) is 5. The van der Waals surface area contributed by atoms with Crippen LogP contribution in [0.25, 0.3) is 0 Å². The maximum atomic E-state index is 10.8. The van der Waals surface area contributed by atoms with E-state index in [2.05, 4.69) is 10.1 Å². The summed E-state index contributed by atoms with van der Waals surface area (Å²) < 4.78 is 10.9. The summed E-state index contributed by atoms with van der Waals surface area (Å²) in [6, 6.07) is 3.59. The summed E-state index contributed by atoms with van der Waals surface area (Å²) in [6.45, 7) is 8.04. The number of aldehydes is 1. The second kappa shape index (κ2) is 5.86. The molecule has 0 saturated heterocycles. The summed E-state index contributed by atoms with van der Waals surface area (Å²) >= 11 is 0. The van der Waals surface area contributed by atoms with Crippen molar-refractivity contribution in [3.63, 3.8) is 0 Å². The van der Waals surface area contributed by atoms with E-state index in [-0.39, 0.29) is 12.5 Å². The van der Waals surface area contributed by atoms with Crippen LogP contribution in [-0.4, -0.2) is 16.4 Å². The molecule has 2 aromatic rings. The van der Waals surface area contributed by atoms with Gasteiger partial charge < -0.3 is 9.26 Å². The Morgan fingerprint density at radius 1 is 1.30 bits per heavy atom. The zero-order chi connectivity index (χ0) is 14.7. The van der Waals surface area contributed by atoms with Gasteiger partial charge in [0.2, 0.25) is 0 Å². The van der Waals surface area contributed by atoms with Crippen molar-refractivity contribution in [1.82, 2.24) is 10.1 Å². The molecule has 1 aromatic carbocycles. The first-order valence-corrected chi connectivity index (χ1v) is 6.53. The number of benzene rings is 1. The first-order chi connectivity index (χ1) is 9.51. The van der Waals surface area contributed by atoms with E-state index in [0.717, 1.165) is 23.2 Å². The molecule has 0 bridgehead atoms. The molecule has 0 saturated carbocycles. The van der Waals surface area contributed by atoms with Crippen molar-refractivity contribution in [3.05, 3.63) is 40.5 Å². The van der Waals surface area contributed by atoms with Crippen LogP contribution in [0.3, 0.4) is 0 Å². The molecule has 0 spiro atoms. The van der Waals surface area contributed by atoms with Crippen molar-refractivity contribution in [1.29, 1.82) is 0 Å². The van der Waals surface area contributed by atoms with Crippen molar-refractivity contribution in [2.45, 2.75) is 40.2 Å². The van der Waals surface area contributed by atoms with Gasteiger partial charge in [-0.25, -0.2) is 0 Å². The number of hydrogen-bond donors (Lipinski definition) is 0. The Bertz CT molecular complexity index is 594. The Hall–Kier alpha value is -2.17. The highest BCUT2D eigenvalue weighted by molar-refractivity contribution is 5.76. The van der Waals surface area contributed by atoms with Crippen LogP contribution in [-0.2, 0) is 6.61 Å². The van der Waals surface area contributed by atoms with Gasteiger partial charge in [0.05, 0.1) is 0 Å². The minimum atomic E-state index is 0.224. The van der Waals surface area contributed by atoms with Crippen molar-refractivity contribution in [3.8, 4) is 5.75 Å². The molecule has 0 amide bonds. The van der Waals surface area contributed by atoms with Crippen LogP contribution in [0.4, 0.5) is 0 Å². The van der Waals surface area contributed by atoms with Crippen molar-refractivity contribution in [2.75, 3.05) is 0 Å². The topological polar surface area (TPSA) is 65.2 Å². The number of aromatic nitrogens is 2. The first-order valence-electron chi connectivity index (χ1n) is 6.53. The fourth-order valence-electron chi connectivity index (χ4n) is 1.97. The van der Waals surface area contributed by atoms with E-state index in [9.17, 15) is 4.79 Å². The fourth-order valence-corrected chi connectivity index (χ4v) is 1.97. The Kier molecular flexibility index (Phi) is 4.17. The number of rotatable bonds is 5. The van der Waals surface area contributed by atoms with Gasteiger partial charge in [-0.2, -0.15) is 4.98 Å². The Labute approximate surface area is 118 Å². The van der Waals surface area contributed by atoms with E-state index in [4.69, 9.17) is 9.26 Å². The maximum Gasteiger partial charge on any atom is 0.264 e. The molecule has 0 aliphatic heterocycles. The van der Waals surface area contributed by atoms with E-state index >= 15 is 0 Å². The third-order valence-corrected chi connectivity index (χ3v) is 2.96. The number of carbonyl (C=O) groups excluding carboxylic acids is 1. The number of aryl methyl sites for hydroxylation is 2. The largest absolute Gasteiger partial charge is 0.483 e. The number of ether oxygens (including phenoxy) is 1. The summed E-state index contributed by atoms with van der Waals surface area (Å²) in [7, 11) is 0. The van der Waals surface area contributed by atoms with E-state index in [1.807, 2.05) is 27.7 Å². The van der Waals surface area contributed by atoms with Crippen LogP contribution in [0.2, 0.25) is 0 Å². The summed E-state index contributed by atoms with van der Waals surface area (Å²) in [5.74, 6) is 2.10. The smallest absolute Gasteiger partial charge is 0.264 e. The molecule has 0 unspecified atom stereocenters. The predicted molar refractivity (Wildman–Crippen MR) is 74.0 cm³/mol. The normalized spacial score (nSPS) is 10.8. The highest BCUT2D eigenvalue weighted by atomic mass is 16.5. The van der Waals surface area contributed by atoms with Gasteiger partial charge in [-0.15, -0.1) is 0 Å². The average Bonchev–Trinajstić information content (AvgIpc) is 2.86. The highest BCUT2D eigenvalue weighted by Gasteiger charge is 2.12. The highest BCUT2D eigenvalue weighted by Crippen LogP contribution is 2.25. The molecule has 0 N–H and O–H groups in total. The maximum absolute atomic E-state index is 10.8. The molecule has 1 heterocycles. The lowest BCUT2D eigenvalue weighted by Gasteiger charge is -2.11. The molecule has 1 aromatic heterocycles. The van der Waals surface area contributed by atoms with E-state index in [1.54, 1.807) is 12.1 Å². The van der Waals surface area contributed by atoms with Gasteiger partial charge in [0, 0.05) is 11.5 Å². The number of carbonyl (C=O) groups is 1. The quantitative estimate of drug-likeness (QED) is 0.783. The lowest BCUT2D eigenvalue weighted by molar-refractivity contribution is 0.112.